The molecule has 1 saturated heterocycles. The van der Waals surface area contributed by atoms with Gasteiger partial charge < -0.3 is 0 Å². The number of nitrogens with one attached hydrogen (secondary N) is 1. The first-order valence-corrected chi connectivity index (χ1v) is 10.8. The van der Waals surface area contributed by atoms with E-state index in [1.807, 2.05) is 33.8 Å². The van der Waals surface area contributed by atoms with Crippen molar-refractivity contribution in [2.24, 2.45) is 5.92 Å². The first kappa shape index (κ1) is 20.4. The van der Waals surface area contributed by atoms with E-state index in [0.717, 1.165) is 22.3 Å². The van der Waals surface area contributed by atoms with Crippen molar-refractivity contribution in [3.8, 4) is 0 Å². The largest absolute Gasteiger partial charge is 0.294 e. The molecular weight excluding hydrogens is 376 g/mol. The van der Waals surface area contributed by atoms with Gasteiger partial charge in [0.25, 0.3) is 0 Å². The number of nitrogens with zero attached hydrogens (tertiary/aromatic N) is 3. The highest BCUT2D eigenvalue weighted by Gasteiger charge is 2.34. The molecule has 1 aromatic carbocycles. The summed E-state index contributed by atoms with van der Waals surface area (Å²) in [5.41, 5.74) is 3.53. The average molecular weight is 403 g/mol. The van der Waals surface area contributed by atoms with Crippen LogP contribution in [0.2, 0.25) is 0 Å². The maximum atomic E-state index is 13.3. The Morgan fingerprint density at radius 3 is 2.11 bits per heavy atom. The third kappa shape index (κ3) is 3.93. The summed E-state index contributed by atoms with van der Waals surface area (Å²) in [7, 11) is -3.60. The lowest BCUT2D eigenvalue weighted by Crippen LogP contribution is -2.42. The smallest absolute Gasteiger partial charge is 0.243 e. The molecule has 0 radical (unpaired) electrons. The van der Waals surface area contributed by atoms with Gasteiger partial charge in [0.15, 0.2) is 0 Å². The molecule has 0 spiro atoms. The van der Waals surface area contributed by atoms with Crippen molar-refractivity contribution in [3.63, 3.8) is 0 Å². The van der Waals surface area contributed by atoms with Crippen LogP contribution in [0.4, 0.5) is 5.95 Å². The van der Waals surface area contributed by atoms with Gasteiger partial charge in [-0.1, -0.05) is 6.07 Å². The Hall–Kier alpha value is -2.32. The Morgan fingerprint density at radius 2 is 1.57 bits per heavy atom. The van der Waals surface area contributed by atoms with Crippen LogP contribution >= 0.6 is 0 Å². The molecule has 0 unspecified atom stereocenters. The number of aryl methyl sites for hydroxylation is 2. The molecule has 2 aromatic rings. The Kier molecular flexibility index (Phi) is 5.81. The summed E-state index contributed by atoms with van der Waals surface area (Å²) in [4.78, 5) is 20.8. The second kappa shape index (κ2) is 7.97. The van der Waals surface area contributed by atoms with Crippen LogP contribution in [0.15, 0.2) is 29.4 Å². The van der Waals surface area contributed by atoms with E-state index in [-0.39, 0.29) is 17.8 Å². The molecule has 2 heterocycles. The molecule has 28 heavy (non-hydrogen) atoms. The van der Waals surface area contributed by atoms with Crippen LogP contribution in [0.1, 0.15) is 35.1 Å². The zero-order valence-electron chi connectivity index (χ0n) is 16.7. The van der Waals surface area contributed by atoms with E-state index < -0.39 is 10.0 Å². The second-order valence-electron chi connectivity index (χ2n) is 7.33. The van der Waals surface area contributed by atoms with Crippen molar-refractivity contribution in [1.29, 1.82) is 0 Å². The van der Waals surface area contributed by atoms with E-state index in [0.29, 0.717) is 30.8 Å². The number of anilines is 1. The van der Waals surface area contributed by atoms with Gasteiger partial charge in [-0.3, -0.25) is 10.1 Å². The minimum Gasteiger partial charge on any atom is -0.294 e. The molecule has 0 atom stereocenters. The fraction of sp³-hybridized carbons (Fsp3) is 0.450. The summed E-state index contributed by atoms with van der Waals surface area (Å²) >= 11 is 0. The van der Waals surface area contributed by atoms with Crippen molar-refractivity contribution in [1.82, 2.24) is 14.3 Å². The fourth-order valence-electron chi connectivity index (χ4n) is 3.63. The first-order valence-electron chi connectivity index (χ1n) is 9.37. The number of carbonyl (C=O) groups excluding carboxylic acids is 1. The van der Waals surface area contributed by atoms with Gasteiger partial charge in [0.2, 0.25) is 21.9 Å². The molecule has 8 heteroatoms. The molecule has 1 N–H and O–H groups in total. The topological polar surface area (TPSA) is 92.3 Å². The predicted octanol–water partition coefficient (Wildman–Crippen LogP) is 2.75. The van der Waals surface area contributed by atoms with E-state index in [4.69, 9.17) is 0 Å². The van der Waals surface area contributed by atoms with Crippen LogP contribution in [0.25, 0.3) is 0 Å². The minimum atomic E-state index is -3.60. The summed E-state index contributed by atoms with van der Waals surface area (Å²) in [6.07, 6.45) is 4.07. The van der Waals surface area contributed by atoms with Gasteiger partial charge in [-0.25, -0.2) is 18.4 Å². The van der Waals surface area contributed by atoms with Gasteiger partial charge in [0.1, 0.15) is 0 Å². The molecule has 3 rings (SSSR count). The summed E-state index contributed by atoms with van der Waals surface area (Å²) < 4.78 is 28.1. The molecule has 7 nitrogen and oxygen atoms in total. The number of sulfonamides is 1. The van der Waals surface area contributed by atoms with Crippen LogP contribution in [0, 0.1) is 33.6 Å². The maximum Gasteiger partial charge on any atom is 0.243 e. The Morgan fingerprint density at radius 1 is 1.04 bits per heavy atom. The van der Waals surface area contributed by atoms with E-state index >= 15 is 0 Å². The van der Waals surface area contributed by atoms with E-state index in [1.54, 1.807) is 18.5 Å². The second-order valence-corrected chi connectivity index (χ2v) is 9.20. The Balaban J connectivity index is 1.73. The monoisotopic (exact) mass is 402 g/mol. The lowest BCUT2D eigenvalue weighted by molar-refractivity contribution is -0.121. The third-order valence-corrected chi connectivity index (χ3v) is 7.69. The quantitative estimate of drug-likeness (QED) is 0.849. The van der Waals surface area contributed by atoms with Gasteiger partial charge in [-0.05, 0) is 68.9 Å². The third-order valence-electron chi connectivity index (χ3n) is 5.52. The van der Waals surface area contributed by atoms with E-state index in [1.165, 1.54) is 4.31 Å². The zero-order valence-corrected chi connectivity index (χ0v) is 17.5. The van der Waals surface area contributed by atoms with Crippen molar-refractivity contribution < 1.29 is 13.2 Å². The highest BCUT2D eigenvalue weighted by Crippen LogP contribution is 2.31. The van der Waals surface area contributed by atoms with Crippen LogP contribution in [-0.4, -0.2) is 41.7 Å². The number of amides is 1. The minimum absolute atomic E-state index is 0.165. The number of hydrogen-bond acceptors (Lipinski definition) is 5. The molecule has 1 fully saturated rings. The van der Waals surface area contributed by atoms with Crippen LogP contribution in [-0.2, 0) is 14.8 Å². The van der Waals surface area contributed by atoms with Crippen LogP contribution in [0.5, 0.6) is 0 Å². The molecule has 0 aliphatic carbocycles. The van der Waals surface area contributed by atoms with Crippen LogP contribution in [0.3, 0.4) is 0 Å². The number of piperidine rings is 1. The summed E-state index contributed by atoms with van der Waals surface area (Å²) in [6.45, 7) is 8.22. The molecule has 150 valence electrons. The van der Waals surface area contributed by atoms with Gasteiger partial charge >= 0.3 is 0 Å². The Bertz CT molecular complexity index is 956. The van der Waals surface area contributed by atoms with Crippen molar-refractivity contribution in [3.05, 3.63) is 46.8 Å². The Labute approximate surface area is 166 Å². The number of rotatable bonds is 4. The van der Waals surface area contributed by atoms with Crippen molar-refractivity contribution >= 4 is 21.9 Å². The maximum absolute atomic E-state index is 13.3. The van der Waals surface area contributed by atoms with Crippen molar-refractivity contribution in [2.75, 3.05) is 18.4 Å². The predicted molar refractivity (Wildman–Crippen MR) is 108 cm³/mol. The highest BCUT2D eigenvalue weighted by atomic mass is 32.2. The lowest BCUT2D eigenvalue weighted by Gasteiger charge is -2.31. The molecule has 1 aliphatic heterocycles. The normalized spacial score (nSPS) is 16.1. The summed E-state index contributed by atoms with van der Waals surface area (Å²) in [5.74, 6) is -0.150. The number of hydrogen-bond donors (Lipinski definition) is 1. The fourth-order valence-corrected chi connectivity index (χ4v) is 5.68. The zero-order chi connectivity index (χ0) is 20.5. The summed E-state index contributed by atoms with van der Waals surface area (Å²) in [5, 5.41) is 2.70. The van der Waals surface area contributed by atoms with Gasteiger partial charge in [-0.2, -0.15) is 4.31 Å². The molecule has 0 bridgehead atoms. The van der Waals surface area contributed by atoms with Crippen LogP contribution < -0.4 is 5.32 Å². The number of benzene rings is 1. The molecule has 1 amide bonds. The first-order chi connectivity index (χ1) is 13.2. The molecule has 1 aliphatic rings. The molecule has 0 saturated carbocycles. The van der Waals surface area contributed by atoms with Gasteiger partial charge in [-0.15, -0.1) is 0 Å². The van der Waals surface area contributed by atoms with Gasteiger partial charge in [0, 0.05) is 31.4 Å². The van der Waals surface area contributed by atoms with E-state index in [2.05, 4.69) is 15.3 Å². The molecule has 1 aromatic heterocycles. The highest BCUT2D eigenvalue weighted by molar-refractivity contribution is 7.89. The lowest BCUT2D eigenvalue weighted by atomic mass is 9.97. The summed E-state index contributed by atoms with van der Waals surface area (Å²) in [6, 6.07) is 3.70. The molecular formula is C20H26N4O3S. The average Bonchev–Trinajstić information content (AvgIpc) is 2.67. The standard InChI is InChI=1S/C20H26N4O3S/c1-13-12-14(2)16(4)18(15(13)3)28(26,27)24-10-6-17(7-11-24)19(25)23-20-21-8-5-9-22-20/h5,8-9,12,17H,6-7,10-11H2,1-4H3,(H,21,22,23,25). The van der Waals surface area contributed by atoms with Crippen molar-refractivity contribution in [2.45, 2.75) is 45.4 Å². The SMILES string of the molecule is Cc1cc(C)c(C)c(S(=O)(=O)N2CCC(C(=O)Nc3ncccn3)CC2)c1C. The van der Waals surface area contributed by atoms with Gasteiger partial charge in [0.05, 0.1) is 4.90 Å². The van der Waals surface area contributed by atoms with E-state index in [9.17, 15) is 13.2 Å². The number of aromatic nitrogens is 2. The number of carbonyl (C=O) groups is 1.